The van der Waals surface area contributed by atoms with Gasteiger partial charge in [0, 0.05) is 5.69 Å². The first-order chi connectivity index (χ1) is 10.6. The van der Waals surface area contributed by atoms with Gasteiger partial charge in [-0.25, -0.2) is 4.79 Å². The van der Waals surface area contributed by atoms with E-state index in [4.69, 9.17) is 0 Å². The molecule has 0 aliphatic carbocycles. The minimum absolute atomic E-state index is 0.278. The molecule has 1 aromatic carbocycles. The van der Waals surface area contributed by atoms with Crippen molar-refractivity contribution in [2.45, 2.75) is 31.0 Å². The van der Waals surface area contributed by atoms with Crippen molar-refractivity contribution in [2.24, 2.45) is 0 Å². The summed E-state index contributed by atoms with van der Waals surface area (Å²) >= 11 is 0. The smallest absolute Gasteiger partial charge is 0.316 e. The third kappa shape index (κ3) is 4.23. The van der Waals surface area contributed by atoms with Crippen LogP contribution in [0.1, 0.15) is 12.5 Å². The lowest BCUT2D eigenvalue weighted by atomic mass is 10.0. The number of benzene rings is 1. The van der Waals surface area contributed by atoms with Crippen molar-refractivity contribution in [3.63, 3.8) is 0 Å². The minimum atomic E-state index is -5.84. The van der Waals surface area contributed by atoms with Crippen LogP contribution < -0.4 is 10.6 Å². The van der Waals surface area contributed by atoms with Gasteiger partial charge >= 0.3 is 24.6 Å². The summed E-state index contributed by atoms with van der Waals surface area (Å²) in [6.07, 6.45) is -16.4. The van der Waals surface area contributed by atoms with Crippen molar-refractivity contribution in [3.8, 4) is 0 Å². The Labute approximate surface area is 128 Å². The van der Waals surface area contributed by atoms with E-state index in [2.05, 4.69) is 0 Å². The molecule has 12 heteroatoms. The maximum Gasteiger partial charge on any atom is 0.420 e. The van der Waals surface area contributed by atoms with Gasteiger partial charge in [0.1, 0.15) is 0 Å². The molecule has 0 aliphatic heterocycles. The van der Waals surface area contributed by atoms with E-state index in [0.717, 1.165) is 5.32 Å². The van der Waals surface area contributed by atoms with Gasteiger partial charge < -0.3 is 10.6 Å². The molecule has 0 unspecified atom stereocenters. The quantitative estimate of drug-likeness (QED) is 0.730. The third-order valence-electron chi connectivity index (χ3n) is 2.97. The van der Waals surface area contributed by atoms with Crippen molar-refractivity contribution in [2.75, 3.05) is 5.32 Å². The molecule has 0 radical (unpaired) electrons. The van der Waals surface area contributed by atoms with Crippen LogP contribution in [-0.2, 0) is 6.18 Å². The predicted molar refractivity (Wildman–Crippen MR) is 64.1 cm³/mol. The topological polar surface area (TPSA) is 41.1 Å². The first-order valence-corrected chi connectivity index (χ1v) is 5.98. The standard InChI is InChI=1S/C12H9F9N2O/c1-9(11(16,17)18,12(19,20)21)23-8(24)22-7-4-2-6(3-5-7)10(13,14)15/h2-5H,1H3,(H2,22,23,24). The fourth-order valence-corrected chi connectivity index (χ4v) is 1.43. The second-order valence-corrected chi connectivity index (χ2v) is 4.77. The highest BCUT2D eigenvalue weighted by atomic mass is 19.4. The average molecular weight is 368 g/mol. The fourth-order valence-electron chi connectivity index (χ4n) is 1.43. The third-order valence-corrected chi connectivity index (χ3v) is 2.97. The molecule has 3 nitrogen and oxygen atoms in total. The maximum atomic E-state index is 12.6. The van der Waals surface area contributed by atoms with E-state index in [1.54, 1.807) is 5.32 Å². The summed E-state index contributed by atoms with van der Waals surface area (Å²) in [5.41, 5.74) is -6.06. The van der Waals surface area contributed by atoms with Crippen molar-refractivity contribution >= 4 is 11.7 Å². The van der Waals surface area contributed by atoms with Gasteiger partial charge in [0.15, 0.2) is 0 Å². The van der Waals surface area contributed by atoms with Crippen LogP contribution in [0.3, 0.4) is 0 Å². The van der Waals surface area contributed by atoms with E-state index in [1.807, 2.05) is 0 Å². The molecule has 0 saturated carbocycles. The summed E-state index contributed by atoms with van der Waals surface area (Å²) in [5, 5.41) is 2.35. The number of rotatable bonds is 2. The number of hydrogen-bond acceptors (Lipinski definition) is 1. The van der Waals surface area contributed by atoms with Gasteiger partial charge in [0.2, 0.25) is 5.54 Å². The maximum absolute atomic E-state index is 12.6. The van der Waals surface area contributed by atoms with Crippen LogP contribution in [0, 0.1) is 0 Å². The lowest BCUT2D eigenvalue weighted by Gasteiger charge is -2.34. The van der Waals surface area contributed by atoms with Crippen molar-refractivity contribution in [3.05, 3.63) is 29.8 Å². The number of halogens is 9. The largest absolute Gasteiger partial charge is 0.420 e. The van der Waals surface area contributed by atoms with Gasteiger partial charge in [-0.3, -0.25) is 0 Å². The number of amides is 2. The Morgan fingerprint density at radius 3 is 1.58 bits per heavy atom. The van der Waals surface area contributed by atoms with Crippen LogP contribution in [0.15, 0.2) is 24.3 Å². The summed E-state index contributed by atoms with van der Waals surface area (Å²) < 4.78 is 113. The van der Waals surface area contributed by atoms with Crippen molar-refractivity contribution < 1.29 is 44.3 Å². The molecule has 136 valence electrons. The van der Waals surface area contributed by atoms with Gasteiger partial charge in [-0.1, -0.05) is 0 Å². The molecule has 1 aromatic rings. The van der Waals surface area contributed by atoms with E-state index >= 15 is 0 Å². The number of carbonyl (C=O) groups is 1. The zero-order valence-electron chi connectivity index (χ0n) is 11.6. The molecule has 0 bridgehead atoms. The Morgan fingerprint density at radius 1 is 0.833 bits per heavy atom. The number of anilines is 1. The fraction of sp³-hybridized carbons (Fsp3) is 0.417. The number of alkyl halides is 9. The Morgan fingerprint density at radius 2 is 1.25 bits per heavy atom. The molecule has 0 fully saturated rings. The van der Waals surface area contributed by atoms with Gasteiger partial charge in [0.25, 0.3) is 0 Å². The highest BCUT2D eigenvalue weighted by Crippen LogP contribution is 2.42. The Bertz CT molecular complexity index is 573. The van der Waals surface area contributed by atoms with Crippen LogP contribution in [0.4, 0.5) is 50.0 Å². The van der Waals surface area contributed by atoms with Crippen molar-refractivity contribution in [1.82, 2.24) is 5.32 Å². The zero-order valence-corrected chi connectivity index (χ0v) is 11.6. The molecule has 1 rings (SSSR count). The summed E-state index contributed by atoms with van der Waals surface area (Å²) in [6, 6.07) is 0.485. The molecule has 0 atom stereocenters. The molecule has 0 spiro atoms. The van der Waals surface area contributed by atoms with E-state index in [0.29, 0.717) is 24.3 Å². The van der Waals surface area contributed by atoms with Crippen molar-refractivity contribution in [1.29, 1.82) is 0 Å². The molecular weight excluding hydrogens is 359 g/mol. The number of urea groups is 1. The van der Waals surface area contributed by atoms with Gasteiger partial charge in [-0.15, -0.1) is 0 Å². The highest BCUT2D eigenvalue weighted by Gasteiger charge is 2.68. The Balaban J connectivity index is 2.92. The predicted octanol–water partition coefficient (Wildman–Crippen LogP) is 4.71. The highest BCUT2D eigenvalue weighted by molar-refractivity contribution is 5.89. The van der Waals surface area contributed by atoms with E-state index in [9.17, 15) is 44.3 Å². The molecular formula is C12H9F9N2O. The normalized spacial score (nSPS) is 13.6. The van der Waals surface area contributed by atoms with E-state index in [1.165, 1.54) is 0 Å². The first-order valence-electron chi connectivity index (χ1n) is 5.98. The van der Waals surface area contributed by atoms with Gasteiger partial charge in [-0.05, 0) is 31.2 Å². The monoisotopic (exact) mass is 368 g/mol. The average Bonchev–Trinajstić information content (AvgIpc) is 2.35. The Hall–Kier alpha value is -2.14. The molecule has 0 aliphatic rings. The molecule has 2 N–H and O–H groups in total. The SMILES string of the molecule is CC(NC(=O)Nc1ccc(C(F)(F)F)cc1)(C(F)(F)F)C(F)(F)F. The summed E-state index contributed by atoms with van der Waals surface area (Å²) in [6.45, 7) is -0.278. The minimum Gasteiger partial charge on any atom is -0.316 e. The van der Waals surface area contributed by atoms with Crippen LogP contribution >= 0.6 is 0 Å². The van der Waals surface area contributed by atoms with E-state index in [-0.39, 0.29) is 6.92 Å². The molecule has 0 heterocycles. The van der Waals surface area contributed by atoms with E-state index < -0.39 is 41.3 Å². The number of hydrogen-bond donors (Lipinski definition) is 2. The lowest BCUT2D eigenvalue weighted by molar-refractivity contribution is -0.297. The van der Waals surface area contributed by atoms with Gasteiger partial charge in [0.05, 0.1) is 5.56 Å². The second-order valence-electron chi connectivity index (χ2n) is 4.77. The molecule has 2 amide bonds. The molecule has 0 saturated heterocycles. The summed E-state index contributed by atoms with van der Waals surface area (Å²) in [4.78, 5) is 11.4. The van der Waals surface area contributed by atoms with Crippen LogP contribution in [0.2, 0.25) is 0 Å². The number of carbonyl (C=O) groups excluding carboxylic acids is 1. The van der Waals surface area contributed by atoms with Crippen LogP contribution in [-0.4, -0.2) is 23.9 Å². The molecule has 24 heavy (non-hydrogen) atoms. The number of nitrogens with one attached hydrogen (secondary N) is 2. The van der Waals surface area contributed by atoms with Crippen LogP contribution in [0.25, 0.3) is 0 Å². The summed E-state index contributed by atoms with van der Waals surface area (Å²) in [7, 11) is 0. The van der Waals surface area contributed by atoms with Gasteiger partial charge in [-0.2, -0.15) is 39.5 Å². The van der Waals surface area contributed by atoms with Crippen LogP contribution in [0.5, 0.6) is 0 Å². The Kier molecular flexibility index (Phi) is 5.02. The summed E-state index contributed by atoms with van der Waals surface area (Å²) in [5.74, 6) is 0. The molecule has 0 aromatic heterocycles. The zero-order chi connectivity index (χ0) is 19.0. The first kappa shape index (κ1) is 19.9. The second kappa shape index (κ2) is 6.06. The lowest BCUT2D eigenvalue weighted by Crippen LogP contribution is -2.66.